The van der Waals surface area contributed by atoms with E-state index in [1.165, 1.54) is 0 Å². The molecule has 0 unspecified atom stereocenters. The Hall–Kier alpha value is -3.77. The summed E-state index contributed by atoms with van der Waals surface area (Å²) in [7, 11) is 3.83. The number of hydrogen-bond donors (Lipinski definition) is 2. The monoisotopic (exact) mass is 413 g/mol. The van der Waals surface area contributed by atoms with Crippen molar-refractivity contribution >= 4 is 29.0 Å². The number of nitrogens with one attached hydrogen (secondary N) is 2. The van der Waals surface area contributed by atoms with Gasteiger partial charge in [-0.3, -0.25) is 14.4 Å². The van der Waals surface area contributed by atoms with Gasteiger partial charge in [-0.15, -0.1) is 0 Å². The molecule has 0 spiro atoms. The van der Waals surface area contributed by atoms with Crippen LogP contribution in [-0.4, -0.2) is 43.1 Å². The van der Waals surface area contributed by atoms with E-state index in [2.05, 4.69) is 10.6 Å². The Morgan fingerprint density at radius 1 is 0.774 bits per heavy atom. The molecule has 2 amide bonds. The van der Waals surface area contributed by atoms with Crippen molar-refractivity contribution in [3.63, 3.8) is 0 Å². The van der Waals surface area contributed by atoms with Gasteiger partial charge in [-0.25, -0.2) is 0 Å². The van der Waals surface area contributed by atoms with E-state index in [1.54, 1.807) is 42.5 Å². The van der Waals surface area contributed by atoms with Crippen LogP contribution in [0.25, 0.3) is 11.1 Å². The van der Waals surface area contributed by atoms with Crippen molar-refractivity contribution in [3.05, 3.63) is 83.4 Å². The Kier molecular flexibility index (Phi) is 5.64. The number of amides is 2. The van der Waals surface area contributed by atoms with Gasteiger partial charge >= 0.3 is 0 Å². The van der Waals surface area contributed by atoms with Gasteiger partial charge < -0.3 is 15.5 Å². The van der Waals surface area contributed by atoms with Crippen molar-refractivity contribution in [2.75, 3.05) is 31.3 Å². The summed E-state index contributed by atoms with van der Waals surface area (Å²) in [6, 6.07) is 19.6. The molecule has 3 aromatic rings. The lowest BCUT2D eigenvalue weighted by Gasteiger charge is -2.11. The van der Waals surface area contributed by atoms with Gasteiger partial charge in [0.2, 0.25) is 5.91 Å². The third-order valence-corrected chi connectivity index (χ3v) is 5.20. The summed E-state index contributed by atoms with van der Waals surface area (Å²) in [4.78, 5) is 39.2. The highest BCUT2D eigenvalue weighted by Gasteiger charge is 2.27. The smallest absolute Gasteiger partial charge is 0.255 e. The molecule has 31 heavy (non-hydrogen) atoms. The van der Waals surface area contributed by atoms with Gasteiger partial charge in [-0.1, -0.05) is 30.3 Å². The maximum atomic E-state index is 12.7. The van der Waals surface area contributed by atoms with E-state index in [0.29, 0.717) is 41.0 Å². The third-order valence-electron chi connectivity index (χ3n) is 5.20. The number of benzene rings is 3. The largest absolute Gasteiger partial charge is 0.326 e. The zero-order valence-electron chi connectivity index (χ0n) is 17.4. The molecule has 0 heterocycles. The molecule has 0 saturated carbocycles. The van der Waals surface area contributed by atoms with Crippen LogP contribution < -0.4 is 10.6 Å². The average molecular weight is 413 g/mol. The highest BCUT2D eigenvalue weighted by Crippen LogP contribution is 2.36. The van der Waals surface area contributed by atoms with Crippen molar-refractivity contribution < 1.29 is 14.4 Å². The fourth-order valence-corrected chi connectivity index (χ4v) is 3.56. The van der Waals surface area contributed by atoms with E-state index >= 15 is 0 Å². The number of fused-ring (bicyclic) bond motifs is 3. The average Bonchev–Trinajstić information content (AvgIpc) is 3.05. The predicted molar refractivity (Wildman–Crippen MR) is 122 cm³/mol. The van der Waals surface area contributed by atoms with E-state index < -0.39 is 0 Å². The minimum Gasteiger partial charge on any atom is -0.326 e. The molecule has 0 fully saturated rings. The van der Waals surface area contributed by atoms with Gasteiger partial charge in [0, 0.05) is 41.0 Å². The van der Waals surface area contributed by atoms with Crippen molar-refractivity contribution in [1.82, 2.24) is 4.90 Å². The molecule has 3 aromatic carbocycles. The minimum atomic E-state index is -0.297. The van der Waals surface area contributed by atoms with Crippen molar-refractivity contribution in [2.24, 2.45) is 0 Å². The van der Waals surface area contributed by atoms with Crippen LogP contribution in [0.1, 0.15) is 32.7 Å². The normalized spacial score (nSPS) is 11.8. The summed E-state index contributed by atoms with van der Waals surface area (Å²) >= 11 is 0. The third kappa shape index (κ3) is 4.39. The number of rotatable bonds is 6. The van der Waals surface area contributed by atoms with Gasteiger partial charge in [0.15, 0.2) is 5.78 Å². The van der Waals surface area contributed by atoms with Crippen LogP contribution in [0.3, 0.4) is 0 Å². The Labute approximate surface area is 180 Å². The molecule has 0 atom stereocenters. The molecule has 6 nitrogen and oxygen atoms in total. The van der Waals surface area contributed by atoms with Crippen molar-refractivity contribution in [2.45, 2.75) is 6.42 Å². The van der Waals surface area contributed by atoms with Crippen LogP contribution in [0, 0.1) is 0 Å². The highest BCUT2D eigenvalue weighted by atomic mass is 16.2. The van der Waals surface area contributed by atoms with Crippen LogP contribution in [0.5, 0.6) is 0 Å². The van der Waals surface area contributed by atoms with Gasteiger partial charge in [-0.05, 0) is 61.6 Å². The van der Waals surface area contributed by atoms with Crippen molar-refractivity contribution in [1.29, 1.82) is 0 Å². The molecule has 1 aliphatic rings. The SMILES string of the molecule is CN(C)CCC(=O)Nc1ccc(NC(=O)c2ccc3c(c2)C(=O)c2ccccc2-3)cc1. The number of nitrogens with zero attached hydrogens (tertiary/aromatic N) is 1. The van der Waals surface area contributed by atoms with Crippen molar-refractivity contribution in [3.8, 4) is 11.1 Å². The molecular formula is C25H23N3O3. The highest BCUT2D eigenvalue weighted by molar-refractivity contribution is 6.22. The second-order valence-electron chi connectivity index (χ2n) is 7.77. The maximum Gasteiger partial charge on any atom is 0.255 e. The zero-order chi connectivity index (χ0) is 22.0. The number of ketones is 1. The Bertz CT molecular complexity index is 1170. The number of hydrogen-bond acceptors (Lipinski definition) is 4. The van der Waals surface area contributed by atoms with Crippen LogP contribution in [0.4, 0.5) is 11.4 Å². The van der Waals surface area contributed by atoms with Gasteiger partial charge in [0.25, 0.3) is 5.91 Å². The first-order valence-electron chi connectivity index (χ1n) is 10.1. The van der Waals surface area contributed by atoms with E-state index in [0.717, 1.165) is 11.1 Å². The molecule has 4 rings (SSSR count). The number of anilines is 2. The first-order chi connectivity index (χ1) is 14.9. The Morgan fingerprint density at radius 3 is 2.06 bits per heavy atom. The molecule has 0 saturated heterocycles. The Balaban J connectivity index is 1.42. The number of carbonyl (C=O) groups excluding carboxylic acids is 3. The van der Waals surface area contributed by atoms with E-state index in [9.17, 15) is 14.4 Å². The van der Waals surface area contributed by atoms with E-state index in [1.807, 2.05) is 43.3 Å². The molecule has 6 heteroatoms. The van der Waals surface area contributed by atoms with Gasteiger partial charge in [0.05, 0.1) is 0 Å². The Morgan fingerprint density at radius 2 is 1.39 bits per heavy atom. The minimum absolute atomic E-state index is 0.0605. The molecule has 156 valence electrons. The van der Waals surface area contributed by atoms with Crippen LogP contribution in [-0.2, 0) is 4.79 Å². The molecule has 0 bridgehead atoms. The van der Waals surface area contributed by atoms with Crippen LogP contribution in [0.15, 0.2) is 66.7 Å². The molecule has 0 aromatic heterocycles. The fraction of sp³-hybridized carbons (Fsp3) is 0.160. The quantitative estimate of drug-likeness (QED) is 0.500. The topological polar surface area (TPSA) is 78.5 Å². The van der Waals surface area contributed by atoms with Crippen LogP contribution in [0.2, 0.25) is 0 Å². The summed E-state index contributed by atoms with van der Waals surface area (Å²) in [5.41, 5.74) is 4.65. The summed E-state index contributed by atoms with van der Waals surface area (Å²) in [6.07, 6.45) is 0.409. The maximum absolute atomic E-state index is 12.7. The lowest BCUT2D eigenvalue weighted by Crippen LogP contribution is -2.20. The summed E-state index contributed by atoms with van der Waals surface area (Å²) in [5, 5.41) is 5.67. The molecule has 1 aliphatic carbocycles. The first kappa shape index (κ1) is 20.5. The molecule has 0 aliphatic heterocycles. The lowest BCUT2D eigenvalue weighted by molar-refractivity contribution is -0.116. The fourth-order valence-electron chi connectivity index (χ4n) is 3.56. The summed E-state index contributed by atoms with van der Waals surface area (Å²) < 4.78 is 0. The number of carbonyl (C=O) groups is 3. The second kappa shape index (κ2) is 8.53. The summed E-state index contributed by atoms with van der Waals surface area (Å²) in [5.74, 6) is -0.418. The van der Waals surface area contributed by atoms with E-state index in [4.69, 9.17) is 0 Å². The standard InChI is InChI=1S/C25H23N3O3/c1-28(2)14-13-23(29)26-17-8-10-18(11-9-17)27-25(31)16-7-12-20-19-5-3-4-6-21(19)24(30)22(20)15-16/h3-12,15H,13-14H2,1-2H3,(H,26,29)(H,27,31). The predicted octanol–water partition coefficient (Wildman–Crippen LogP) is 4.04. The molecular weight excluding hydrogens is 390 g/mol. The van der Waals surface area contributed by atoms with Gasteiger partial charge in [-0.2, -0.15) is 0 Å². The van der Waals surface area contributed by atoms with E-state index in [-0.39, 0.29) is 17.6 Å². The molecule has 2 N–H and O–H groups in total. The summed E-state index contributed by atoms with van der Waals surface area (Å²) in [6.45, 7) is 0.675. The van der Waals surface area contributed by atoms with Crippen LogP contribution >= 0.6 is 0 Å². The van der Waals surface area contributed by atoms with Gasteiger partial charge in [0.1, 0.15) is 0 Å². The lowest BCUT2D eigenvalue weighted by atomic mass is 10.0. The first-order valence-corrected chi connectivity index (χ1v) is 10.1. The zero-order valence-corrected chi connectivity index (χ0v) is 17.4. The second-order valence-corrected chi connectivity index (χ2v) is 7.77. The molecule has 0 radical (unpaired) electrons.